The molecular formula is C29H24Cl2F3N3O5S2. The first-order valence-electron chi connectivity index (χ1n) is 12.6. The lowest BCUT2D eigenvalue weighted by Crippen LogP contribution is -2.38. The maximum absolute atomic E-state index is 13.6. The Morgan fingerprint density at radius 1 is 0.795 bits per heavy atom. The first-order valence-corrected chi connectivity index (χ1v) is 16.3. The molecular weight excluding hydrogens is 662 g/mol. The molecule has 0 aliphatic rings. The molecule has 0 aliphatic heterocycles. The lowest BCUT2D eigenvalue weighted by atomic mass is 10.2. The van der Waals surface area contributed by atoms with E-state index in [4.69, 9.17) is 23.2 Å². The van der Waals surface area contributed by atoms with Crippen molar-refractivity contribution in [3.8, 4) is 0 Å². The molecule has 0 spiro atoms. The van der Waals surface area contributed by atoms with Gasteiger partial charge >= 0.3 is 6.18 Å². The van der Waals surface area contributed by atoms with E-state index in [9.17, 15) is 34.8 Å². The van der Waals surface area contributed by atoms with Gasteiger partial charge in [-0.2, -0.15) is 13.2 Å². The molecule has 15 heteroatoms. The van der Waals surface area contributed by atoms with E-state index in [2.05, 4.69) is 10.0 Å². The fraction of sp³-hybridized carbons (Fsp3) is 0.138. The molecule has 0 aromatic heterocycles. The molecule has 0 aliphatic carbocycles. The summed E-state index contributed by atoms with van der Waals surface area (Å²) in [6.07, 6.45) is -4.79. The zero-order chi connectivity index (χ0) is 32.4. The van der Waals surface area contributed by atoms with Gasteiger partial charge in [-0.05, 0) is 92.2 Å². The number of hydrogen-bond donors (Lipinski definition) is 2. The van der Waals surface area contributed by atoms with E-state index in [1.165, 1.54) is 36.4 Å². The number of halogens is 5. The molecule has 44 heavy (non-hydrogen) atoms. The van der Waals surface area contributed by atoms with Gasteiger partial charge in [0.15, 0.2) is 0 Å². The van der Waals surface area contributed by atoms with Gasteiger partial charge in [0.2, 0.25) is 5.91 Å². The highest BCUT2D eigenvalue weighted by molar-refractivity contribution is 7.93. The van der Waals surface area contributed by atoms with E-state index in [-0.39, 0.29) is 26.9 Å². The molecule has 4 rings (SSSR count). The Labute approximate surface area is 262 Å². The third-order valence-electron chi connectivity index (χ3n) is 6.30. The SMILES string of the molecule is Cc1ccc(S(=O)(=O)N(CC(=O)Nc2ccc(S(=O)(=O)Nc3ccc(Cl)c(C(F)(F)F)c3)cc2)c2ccc(Cl)cc2C)cc1. The van der Waals surface area contributed by atoms with E-state index in [1.807, 2.05) is 0 Å². The summed E-state index contributed by atoms with van der Waals surface area (Å²) in [5.74, 6) is -0.732. The standard InChI is InChI=1S/C29H24Cl2F3N3O5S2/c1-18-3-9-24(10-4-18)44(41,42)37(27-14-5-20(30)15-19(27)2)17-28(38)35-21-6-11-23(12-7-21)43(39,40)36-22-8-13-26(31)25(16-22)29(32,33)34/h3-16,36H,17H2,1-2H3,(H,35,38). The molecule has 0 radical (unpaired) electrons. The number of aryl methyl sites for hydroxylation is 2. The molecule has 0 saturated heterocycles. The number of anilines is 3. The fourth-order valence-corrected chi connectivity index (χ4v) is 7.09. The second kappa shape index (κ2) is 12.7. The van der Waals surface area contributed by atoms with Crippen LogP contribution in [0.2, 0.25) is 10.0 Å². The molecule has 0 saturated carbocycles. The molecule has 8 nitrogen and oxygen atoms in total. The minimum Gasteiger partial charge on any atom is -0.325 e. The van der Waals surface area contributed by atoms with Crippen LogP contribution < -0.4 is 14.3 Å². The second-order valence-corrected chi connectivity index (χ2v) is 14.0. The highest BCUT2D eigenvalue weighted by Crippen LogP contribution is 2.36. The number of carbonyl (C=O) groups is 1. The lowest BCUT2D eigenvalue weighted by Gasteiger charge is -2.26. The van der Waals surface area contributed by atoms with Crippen molar-refractivity contribution < 1.29 is 34.8 Å². The van der Waals surface area contributed by atoms with Gasteiger partial charge in [0.05, 0.1) is 26.1 Å². The van der Waals surface area contributed by atoms with Gasteiger partial charge < -0.3 is 5.32 Å². The predicted molar refractivity (Wildman–Crippen MR) is 164 cm³/mol. The summed E-state index contributed by atoms with van der Waals surface area (Å²) >= 11 is 11.7. The molecule has 1 amide bonds. The number of nitrogens with zero attached hydrogens (tertiary/aromatic N) is 1. The minimum atomic E-state index is -4.79. The number of nitrogens with one attached hydrogen (secondary N) is 2. The molecule has 4 aromatic carbocycles. The topological polar surface area (TPSA) is 113 Å². The Balaban J connectivity index is 1.54. The lowest BCUT2D eigenvalue weighted by molar-refractivity contribution is -0.137. The van der Waals surface area contributed by atoms with Gasteiger partial charge in [-0.25, -0.2) is 16.8 Å². The van der Waals surface area contributed by atoms with Gasteiger partial charge in [0.25, 0.3) is 20.0 Å². The van der Waals surface area contributed by atoms with E-state index in [0.29, 0.717) is 16.7 Å². The Kier molecular flexibility index (Phi) is 9.54. The van der Waals surface area contributed by atoms with Crippen LogP contribution in [0.3, 0.4) is 0 Å². The summed E-state index contributed by atoms with van der Waals surface area (Å²) in [7, 11) is -8.52. The number of rotatable bonds is 9. The van der Waals surface area contributed by atoms with Crippen LogP contribution >= 0.6 is 23.2 Å². The van der Waals surface area contributed by atoms with Crippen molar-refractivity contribution in [2.75, 3.05) is 20.9 Å². The van der Waals surface area contributed by atoms with Crippen molar-refractivity contribution >= 4 is 66.2 Å². The number of amides is 1. The van der Waals surface area contributed by atoms with Crippen molar-refractivity contribution in [2.24, 2.45) is 0 Å². The maximum Gasteiger partial charge on any atom is 0.417 e. The number of alkyl halides is 3. The fourth-order valence-electron chi connectivity index (χ4n) is 4.10. The van der Waals surface area contributed by atoms with Gasteiger partial charge in [-0.15, -0.1) is 0 Å². The van der Waals surface area contributed by atoms with Crippen LogP contribution in [-0.2, 0) is 31.0 Å². The Morgan fingerprint density at radius 3 is 1.98 bits per heavy atom. The molecule has 0 unspecified atom stereocenters. The minimum absolute atomic E-state index is 0.0321. The van der Waals surface area contributed by atoms with Crippen molar-refractivity contribution in [1.82, 2.24) is 0 Å². The summed E-state index contributed by atoms with van der Waals surface area (Å²) in [6, 6.07) is 18.0. The largest absolute Gasteiger partial charge is 0.417 e. The highest BCUT2D eigenvalue weighted by Gasteiger charge is 2.34. The van der Waals surface area contributed by atoms with Crippen molar-refractivity contribution in [2.45, 2.75) is 29.8 Å². The van der Waals surface area contributed by atoms with Gasteiger partial charge in [-0.3, -0.25) is 13.8 Å². The van der Waals surface area contributed by atoms with Crippen LogP contribution in [0.15, 0.2) is 94.7 Å². The summed E-state index contributed by atoms with van der Waals surface area (Å²) in [5.41, 5.74) is 0.159. The zero-order valence-corrected chi connectivity index (χ0v) is 26.1. The third-order valence-corrected chi connectivity index (χ3v) is 10.0. The summed E-state index contributed by atoms with van der Waals surface area (Å²) in [5, 5.41) is 2.33. The monoisotopic (exact) mass is 685 g/mol. The molecule has 0 atom stereocenters. The molecule has 0 bridgehead atoms. The Hall–Kier alpha value is -3.78. The van der Waals surface area contributed by atoms with Gasteiger partial charge in [0.1, 0.15) is 6.54 Å². The maximum atomic E-state index is 13.6. The normalized spacial score (nSPS) is 12.1. The van der Waals surface area contributed by atoms with E-state index in [1.54, 1.807) is 32.0 Å². The molecule has 2 N–H and O–H groups in total. The first kappa shape index (κ1) is 33.1. The average Bonchev–Trinajstić information content (AvgIpc) is 2.93. The number of sulfonamides is 2. The molecule has 4 aromatic rings. The van der Waals surface area contributed by atoms with E-state index >= 15 is 0 Å². The summed E-state index contributed by atoms with van der Waals surface area (Å²) < 4.78 is 95.4. The van der Waals surface area contributed by atoms with Crippen molar-refractivity contribution in [3.05, 3.63) is 112 Å². The van der Waals surface area contributed by atoms with Crippen LogP contribution in [0, 0.1) is 13.8 Å². The van der Waals surface area contributed by atoms with Crippen LogP contribution in [0.25, 0.3) is 0 Å². The smallest absolute Gasteiger partial charge is 0.325 e. The average molecular weight is 687 g/mol. The van der Waals surface area contributed by atoms with E-state index < -0.39 is 49.3 Å². The van der Waals surface area contributed by atoms with Crippen LogP contribution in [0.4, 0.5) is 30.2 Å². The second-order valence-electron chi connectivity index (χ2n) is 9.63. The number of hydrogen-bond acceptors (Lipinski definition) is 5. The zero-order valence-electron chi connectivity index (χ0n) is 23.0. The van der Waals surface area contributed by atoms with Gasteiger partial charge in [0, 0.05) is 16.4 Å². The third kappa shape index (κ3) is 7.65. The molecule has 0 fully saturated rings. The number of benzene rings is 4. The van der Waals surface area contributed by atoms with Crippen molar-refractivity contribution in [3.63, 3.8) is 0 Å². The van der Waals surface area contributed by atoms with Crippen LogP contribution in [0.1, 0.15) is 16.7 Å². The Morgan fingerprint density at radius 2 is 1.39 bits per heavy atom. The van der Waals surface area contributed by atoms with Crippen LogP contribution in [-0.4, -0.2) is 29.3 Å². The van der Waals surface area contributed by atoms with E-state index in [0.717, 1.165) is 34.1 Å². The quantitative estimate of drug-likeness (QED) is 0.193. The number of carbonyl (C=O) groups excluding carboxylic acids is 1. The first-order chi connectivity index (χ1) is 20.5. The Bertz CT molecular complexity index is 1920. The molecule has 232 valence electrons. The van der Waals surface area contributed by atoms with Crippen LogP contribution in [0.5, 0.6) is 0 Å². The predicted octanol–water partition coefficient (Wildman–Crippen LogP) is 7.26. The summed E-state index contributed by atoms with van der Waals surface area (Å²) in [6.45, 7) is 2.83. The summed E-state index contributed by atoms with van der Waals surface area (Å²) in [4.78, 5) is 12.8. The van der Waals surface area contributed by atoms with Gasteiger partial charge in [-0.1, -0.05) is 40.9 Å². The highest BCUT2D eigenvalue weighted by atomic mass is 35.5. The van der Waals surface area contributed by atoms with Crippen molar-refractivity contribution in [1.29, 1.82) is 0 Å². The molecule has 0 heterocycles.